The minimum Gasteiger partial charge on any atom is -0.373 e. The van der Waals surface area contributed by atoms with Crippen LogP contribution in [0.3, 0.4) is 0 Å². The molecule has 1 atom stereocenters. The average molecular weight is 437 g/mol. The number of rotatable bonds is 3. The molecule has 0 bridgehead atoms. The Morgan fingerprint density at radius 2 is 1.88 bits per heavy atom. The van der Waals surface area contributed by atoms with Gasteiger partial charge in [-0.15, -0.1) is 0 Å². The third-order valence-electron chi connectivity index (χ3n) is 6.15. The van der Waals surface area contributed by atoms with E-state index in [2.05, 4.69) is 16.9 Å². The van der Waals surface area contributed by atoms with Gasteiger partial charge in [-0.3, -0.25) is 9.59 Å². The van der Waals surface area contributed by atoms with E-state index >= 15 is 0 Å². The number of carbonyl (C=O) groups excluding carboxylic acids is 1. The number of amides is 1. The average Bonchev–Trinajstić information content (AvgIpc) is 3.22. The number of halogens is 2. The zero-order valence-electron chi connectivity index (χ0n) is 17.6. The Labute approximate surface area is 181 Å². The summed E-state index contributed by atoms with van der Waals surface area (Å²) >= 11 is 0. The van der Waals surface area contributed by atoms with E-state index in [1.165, 1.54) is 10.5 Å². The van der Waals surface area contributed by atoms with E-state index in [0.717, 1.165) is 29.5 Å². The van der Waals surface area contributed by atoms with E-state index in [0.29, 0.717) is 17.0 Å². The van der Waals surface area contributed by atoms with Gasteiger partial charge in [-0.2, -0.15) is 0 Å². The Hall–Kier alpha value is -3.52. The Balaban J connectivity index is 1.59. The molecule has 6 nitrogen and oxygen atoms in total. The lowest BCUT2D eigenvalue weighted by molar-refractivity contribution is 0.0333. The van der Waals surface area contributed by atoms with Crippen LogP contribution in [0.2, 0.25) is 0 Å². The zero-order chi connectivity index (χ0) is 22.6. The number of H-pyrrole nitrogens is 2. The lowest BCUT2D eigenvalue weighted by Crippen LogP contribution is -2.37. The summed E-state index contributed by atoms with van der Waals surface area (Å²) < 4.78 is 33.5. The second kappa shape index (κ2) is 7.56. The molecule has 4 aromatic rings. The van der Waals surface area contributed by atoms with Crippen molar-refractivity contribution in [3.05, 3.63) is 80.9 Å². The van der Waals surface area contributed by atoms with Crippen LogP contribution in [0.5, 0.6) is 0 Å². The van der Waals surface area contributed by atoms with Gasteiger partial charge in [0.1, 0.15) is 5.69 Å². The first kappa shape index (κ1) is 20.4. The second-order valence-corrected chi connectivity index (χ2v) is 8.06. The highest BCUT2D eigenvalue weighted by Crippen LogP contribution is 2.34. The Kier molecular flexibility index (Phi) is 4.82. The van der Waals surface area contributed by atoms with E-state index in [4.69, 9.17) is 4.74 Å². The van der Waals surface area contributed by atoms with Crippen LogP contribution in [0, 0.1) is 11.6 Å². The zero-order valence-corrected chi connectivity index (χ0v) is 17.6. The van der Waals surface area contributed by atoms with E-state index in [1.807, 2.05) is 18.2 Å². The monoisotopic (exact) mass is 437 g/mol. The number of nitrogens with one attached hydrogen (secondary N) is 2. The van der Waals surface area contributed by atoms with Crippen molar-refractivity contribution in [3.8, 4) is 0 Å². The maximum absolute atomic E-state index is 14.1. The maximum atomic E-state index is 14.1. The summed E-state index contributed by atoms with van der Waals surface area (Å²) in [4.78, 5) is 33.1. The SMILES string of the molecule is CCc1ccc2[nH]c(C(=O)N(C)C3COCc4[nH]c(=O)c5cc(F)c(F)cc5c43)cc2c1. The summed E-state index contributed by atoms with van der Waals surface area (Å²) in [5.41, 5.74) is 2.92. The number of aromatic amines is 2. The molecule has 0 aliphatic carbocycles. The van der Waals surface area contributed by atoms with Crippen LogP contribution in [-0.4, -0.2) is 34.4 Å². The topological polar surface area (TPSA) is 78.2 Å². The summed E-state index contributed by atoms with van der Waals surface area (Å²) in [6.45, 7) is 2.34. The number of aromatic nitrogens is 2. The van der Waals surface area contributed by atoms with Crippen LogP contribution < -0.4 is 5.56 Å². The van der Waals surface area contributed by atoms with Crippen molar-refractivity contribution >= 4 is 27.6 Å². The number of carbonyl (C=O) groups is 1. The molecule has 1 aliphatic heterocycles. The van der Waals surface area contributed by atoms with E-state index in [-0.39, 0.29) is 29.9 Å². The highest BCUT2D eigenvalue weighted by molar-refractivity contribution is 5.98. The van der Waals surface area contributed by atoms with Gasteiger partial charge in [0, 0.05) is 29.2 Å². The maximum Gasteiger partial charge on any atom is 0.270 e. The fourth-order valence-corrected chi connectivity index (χ4v) is 4.40. The van der Waals surface area contributed by atoms with Gasteiger partial charge in [0.15, 0.2) is 11.6 Å². The van der Waals surface area contributed by atoms with Gasteiger partial charge >= 0.3 is 0 Å². The van der Waals surface area contributed by atoms with Crippen molar-refractivity contribution in [2.45, 2.75) is 26.0 Å². The van der Waals surface area contributed by atoms with Crippen molar-refractivity contribution in [2.24, 2.45) is 0 Å². The standard InChI is InChI=1S/C24H21F2N3O3/c1-3-12-4-5-18-13(6-12)7-19(27-18)24(31)29(2)21-11-32-10-20-22(21)14-8-16(25)17(26)9-15(14)23(30)28-20/h4-9,21,27H,3,10-11H2,1-2H3,(H,28,30). The molecule has 1 unspecified atom stereocenters. The predicted molar refractivity (Wildman–Crippen MR) is 117 cm³/mol. The third-order valence-corrected chi connectivity index (χ3v) is 6.15. The predicted octanol–water partition coefficient (Wildman–Crippen LogP) is 4.19. The van der Waals surface area contributed by atoms with Crippen LogP contribution in [0.15, 0.2) is 41.2 Å². The molecule has 2 aromatic heterocycles. The Bertz CT molecular complexity index is 1440. The molecular formula is C24H21F2N3O3. The van der Waals surface area contributed by atoms with Crippen molar-refractivity contribution < 1.29 is 18.3 Å². The normalized spacial score (nSPS) is 15.8. The van der Waals surface area contributed by atoms with Crippen LogP contribution in [0.1, 0.15) is 40.3 Å². The van der Waals surface area contributed by atoms with Gasteiger partial charge in [-0.25, -0.2) is 8.78 Å². The van der Waals surface area contributed by atoms with Gasteiger partial charge in [0.25, 0.3) is 11.5 Å². The number of pyridine rings is 1. The molecule has 8 heteroatoms. The van der Waals surface area contributed by atoms with Crippen LogP contribution in [-0.2, 0) is 17.8 Å². The van der Waals surface area contributed by atoms with Crippen molar-refractivity contribution in [2.75, 3.05) is 13.7 Å². The molecule has 3 heterocycles. The molecule has 5 rings (SSSR count). The number of benzene rings is 2. The van der Waals surface area contributed by atoms with Gasteiger partial charge in [-0.05, 0) is 47.7 Å². The number of likely N-dealkylation sites (N-methyl/N-ethyl adjacent to an activating group) is 1. The number of hydrogen-bond acceptors (Lipinski definition) is 3. The first-order valence-electron chi connectivity index (χ1n) is 10.4. The fourth-order valence-electron chi connectivity index (χ4n) is 4.40. The summed E-state index contributed by atoms with van der Waals surface area (Å²) in [5.74, 6) is -2.42. The number of ether oxygens (including phenoxy) is 1. The number of nitrogens with zero attached hydrogens (tertiary/aromatic N) is 1. The van der Waals surface area contributed by atoms with Gasteiger partial charge in [0.2, 0.25) is 0 Å². The molecule has 0 radical (unpaired) electrons. The molecule has 0 saturated heterocycles. The molecule has 0 fully saturated rings. The Morgan fingerprint density at radius 1 is 1.12 bits per heavy atom. The van der Waals surface area contributed by atoms with Crippen molar-refractivity contribution in [1.29, 1.82) is 0 Å². The molecule has 2 N–H and O–H groups in total. The van der Waals surface area contributed by atoms with E-state index < -0.39 is 23.2 Å². The summed E-state index contributed by atoms with van der Waals surface area (Å²) in [6, 6.07) is 9.12. The van der Waals surface area contributed by atoms with Crippen molar-refractivity contribution in [3.63, 3.8) is 0 Å². The molecule has 1 amide bonds. The van der Waals surface area contributed by atoms with E-state index in [9.17, 15) is 18.4 Å². The third kappa shape index (κ3) is 3.18. The van der Waals surface area contributed by atoms with E-state index in [1.54, 1.807) is 13.1 Å². The van der Waals surface area contributed by atoms with Crippen LogP contribution >= 0.6 is 0 Å². The molecule has 1 aliphatic rings. The summed E-state index contributed by atoms with van der Waals surface area (Å²) in [6.07, 6.45) is 0.892. The van der Waals surface area contributed by atoms with Crippen molar-refractivity contribution in [1.82, 2.24) is 14.9 Å². The first-order valence-corrected chi connectivity index (χ1v) is 10.4. The highest BCUT2D eigenvalue weighted by atomic mass is 19.2. The molecule has 0 saturated carbocycles. The first-order chi connectivity index (χ1) is 15.4. The quantitative estimate of drug-likeness (QED) is 0.505. The number of aryl methyl sites for hydroxylation is 1. The number of fused-ring (bicyclic) bond motifs is 4. The van der Waals surface area contributed by atoms with Gasteiger partial charge in [0.05, 0.1) is 24.6 Å². The van der Waals surface area contributed by atoms with Crippen LogP contribution in [0.25, 0.3) is 21.7 Å². The second-order valence-electron chi connectivity index (χ2n) is 8.06. The lowest BCUT2D eigenvalue weighted by atomic mass is 9.95. The largest absolute Gasteiger partial charge is 0.373 e. The molecular weight excluding hydrogens is 416 g/mol. The fraction of sp³-hybridized carbons (Fsp3) is 0.250. The molecule has 32 heavy (non-hydrogen) atoms. The Morgan fingerprint density at radius 3 is 2.62 bits per heavy atom. The molecule has 2 aromatic carbocycles. The minimum absolute atomic E-state index is 0.0353. The minimum atomic E-state index is -1.10. The van der Waals surface area contributed by atoms with Crippen LogP contribution in [0.4, 0.5) is 8.78 Å². The summed E-state index contributed by atoms with van der Waals surface area (Å²) in [7, 11) is 1.63. The highest BCUT2D eigenvalue weighted by Gasteiger charge is 2.32. The smallest absolute Gasteiger partial charge is 0.270 e. The molecule has 164 valence electrons. The summed E-state index contributed by atoms with van der Waals surface area (Å²) in [5, 5.41) is 1.25. The number of hydrogen-bond donors (Lipinski definition) is 2. The molecule has 0 spiro atoms. The lowest BCUT2D eigenvalue weighted by Gasteiger charge is -2.33. The van der Waals surface area contributed by atoms with Gasteiger partial charge < -0.3 is 19.6 Å². The van der Waals surface area contributed by atoms with Gasteiger partial charge in [-0.1, -0.05) is 13.0 Å².